The van der Waals surface area contributed by atoms with Crippen molar-refractivity contribution in [2.45, 2.75) is 43.5 Å². The summed E-state index contributed by atoms with van der Waals surface area (Å²) in [5, 5.41) is 3.04. The van der Waals surface area contributed by atoms with Gasteiger partial charge in [0, 0.05) is 6.04 Å². The minimum atomic E-state index is -0.164. The Bertz CT molecular complexity index is 492. The van der Waals surface area contributed by atoms with Crippen LogP contribution in [-0.2, 0) is 0 Å². The molecule has 1 fully saturated rings. The smallest absolute Gasteiger partial charge is 0.255 e. The standard InChI is InChI=1S/C16H22ClNO3/c1-20-11-8-9-15(21-2)12(10-11)16(19)18-14-7-5-3-4-6-13(14)17/h8-10,13-14H,3-7H2,1-2H3,(H,18,19). The summed E-state index contributed by atoms with van der Waals surface area (Å²) in [5.41, 5.74) is 0.477. The Morgan fingerprint density at radius 3 is 2.67 bits per heavy atom. The van der Waals surface area contributed by atoms with Crippen LogP contribution in [0.3, 0.4) is 0 Å². The second-order valence-corrected chi connectivity index (χ2v) is 5.86. The third-order valence-corrected chi connectivity index (χ3v) is 4.42. The van der Waals surface area contributed by atoms with Crippen LogP contribution in [0.15, 0.2) is 18.2 Å². The molecule has 2 unspecified atom stereocenters. The number of alkyl halides is 1. The van der Waals surface area contributed by atoms with Crippen molar-refractivity contribution < 1.29 is 14.3 Å². The van der Waals surface area contributed by atoms with Gasteiger partial charge in [-0.1, -0.05) is 19.3 Å². The van der Waals surface area contributed by atoms with E-state index in [1.807, 2.05) is 0 Å². The van der Waals surface area contributed by atoms with Gasteiger partial charge in [0.05, 0.1) is 25.2 Å². The normalized spacial score (nSPS) is 22.2. The topological polar surface area (TPSA) is 47.6 Å². The van der Waals surface area contributed by atoms with Crippen LogP contribution in [0.5, 0.6) is 11.5 Å². The highest BCUT2D eigenvalue weighted by Gasteiger charge is 2.25. The molecule has 21 heavy (non-hydrogen) atoms. The number of rotatable bonds is 4. The number of methoxy groups -OCH3 is 2. The fourth-order valence-electron chi connectivity index (χ4n) is 2.66. The third-order valence-electron chi connectivity index (χ3n) is 3.90. The predicted octanol–water partition coefficient (Wildman–Crippen LogP) is 3.37. The van der Waals surface area contributed by atoms with E-state index in [4.69, 9.17) is 21.1 Å². The van der Waals surface area contributed by atoms with E-state index in [-0.39, 0.29) is 17.3 Å². The van der Waals surface area contributed by atoms with E-state index in [0.29, 0.717) is 17.1 Å². The molecule has 0 aliphatic heterocycles. The first-order valence-electron chi connectivity index (χ1n) is 7.32. The number of amides is 1. The summed E-state index contributed by atoms with van der Waals surface area (Å²) < 4.78 is 10.4. The van der Waals surface area contributed by atoms with Crippen LogP contribution >= 0.6 is 11.6 Å². The molecule has 1 saturated carbocycles. The lowest BCUT2D eigenvalue weighted by molar-refractivity contribution is 0.0930. The van der Waals surface area contributed by atoms with Crippen molar-refractivity contribution in [3.8, 4) is 11.5 Å². The lowest BCUT2D eigenvalue weighted by Gasteiger charge is -2.22. The molecule has 0 radical (unpaired) electrons. The van der Waals surface area contributed by atoms with Gasteiger partial charge in [0.15, 0.2) is 0 Å². The van der Waals surface area contributed by atoms with Gasteiger partial charge in [-0.25, -0.2) is 0 Å². The number of benzene rings is 1. The maximum absolute atomic E-state index is 12.5. The molecule has 1 aromatic rings. The fourth-order valence-corrected chi connectivity index (χ4v) is 3.01. The van der Waals surface area contributed by atoms with Crippen molar-refractivity contribution in [2.75, 3.05) is 14.2 Å². The summed E-state index contributed by atoms with van der Waals surface area (Å²) in [6.45, 7) is 0. The number of nitrogens with one attached hydrogen (secondary N) is 1. The zero-order valence-corrected chi connectivity index (χ0v) is 13.3. The largest absolute Gasteiger partial charge is 0.497 e. The zero-order valence-electron chi connectivity index (χ0n) is 12.5. The molecule has 0 heterocycles. The molecule has 116 valence electrons. The minimum Gasteiger partial charge on any atom is -0.497 e. The fraction of sp³-hybridized carbons (Fsp3) is 0.562. The number of hydrogen-bond acceptors (Lipinski definition) is 3. The van der Waals surface area contributed by atoms with E-state index in [2.05, 4.69) is 5.32 Å². The summed E-state index contributed by atoms with van der Waals surface area (Å²) in [7, 11) is 3.12. The van der Waals surface area contributed by atoms with Gasteiger partial charge in [-0.2, -0.15) is 0 Å². The molecule has 0 spiro atoms. The van der Waals surface area contributed by atoms with Crippen molar-refractivity contribution in [1.82, 2.24) is 5.32 Å². The number of hydrogen-bond donors (Lipinski definition) is 1. The van der Waals surface area contributed by atoms with Gasteiger partial charge < -0.3 is 14.8 Å². The van der Waals surface area contributed by atoms with Gasteiger partial charge in [-0.3, -0.25) is 4.79 Å². The number of ether oxygens (including phenoxy) is 2. The SMILES string of the molecule is COc1ccc(OC)c(C(=O)NC2CCCCCC2Cl)c1. The second-order valence-electron chi connectivity index (χ2n) is 5.30. The molecule has 0 bridgehead atoms. The molecule has 1 amide bonds. The highest BCUT2D eigenvalue weighted by Crippen LogP contribution is 2.26. The van der Waals surface area contributed by atoms with E-state index in [1.165, 1.54) is 6.42 Å². The van der Waals surface area contributed by atoms with Crippen molar-refractivity contribution in [3.63, 3.8) is 0 Å². The quantitative estimate of drug-likeness (QED) is 0.685. The van der Waals surface area contributed by atoms with Crippen molar-refractivity contribution in [2.24, 2.45) is 0 Å². The van der Waals surface area contributed by atoms with E-state index in [9.17, 15) is 4.79 Å². The Morgan fingerprint density at radius 2 is 1.95 bits per heavy atom. The lowest BCUT2D eigenvalue weighted by atomic mass is 10.1. The van der Waals surface area contributed by atoms with Crippen LogP contribution in [0.25, 0.3) is 0 Å². The molecule has 2 atom stereocenters. The highest BCUT2D eigenvalue weighted by molar-refractivity contribution is 6.21. The summed E-state index contributed by atoms with van der Waals surface area (Å²) in [5.74, 6) is 1.00. The van der Waals surface area contributed by atoms with Crippen LogP contribution < -0.4 is 14.8 Å². The highest BCUT2D eigenvalue weighted by atomic mass is 35.5. The first-order chi connectivity index (χ1) is 10.2. The lowest BCUT2D eigenvalue weighted by Crippen LogP contribution is -2.40. The Morgan fingerprint density at radius 1 is 1.19 bits per heavy atom. The van der Waals surface area contributed by atoms with Crippen LogP contribution in [-0.4, -0.2) is 31.5 Å². The average molecular weight is 312 g/mol. The number of halogens is 1. The van der Waals surface area contributed by atoms with Crippen molar-refractivity contribution in [1.29, 1.82) is 0 Å². The van der Waals surface area contributed by atoms with Crippen molar-refractivity contribution in [3.05, 3.63) is 23.8 Å². The van der Waals surface area contributed by atoms with E-state index in [1.54, 1.807) is 32.4 Å². The second kappa shape index (κ2) is 7.55. The average Bonchev–Trinajstić information content (AvgIpc) is 2.71. The molecule has 0 aromatic heterocycles. The molecule has 1 aromatic carbocycles. The van der Waals surface area contributed by atoms with Gasteiger partial charge in [0.2, 0.25) is 0 Å². The van der Waals surface area contributed by atoms with E-state index in [0.717, 1.165) is 25.7 Å². The van der Waals surface area contributed by atoms with E-state index >= 15 is 0 Å². The van der Waals surface area contributed by atoms with Crippen molar-refractivity contribution >= 4 is 17.5 Å². The van der Waals surface area contributed by atoms with Gasteiger partial charge in [-0.05, 0) is 31.0 Å². The summed E-state index contributed by atoms with van der Waals surface area (Å²) in [6.07, 6.45) is 5.28. The van der Waals surface area contributed by atoms with Crippen LogP contribution in [0.4, 0.5) is 0 Å². The zero-order chi connectivity index (χ0) is 15.2. The third kappa shape index (κ3) is 4.03. The summed E-state index contributed by atoms with van der Waals surface area (Å²) in [6, 6.07) is 5.20. The Kier molecular flexibility index (Phi) is 5.74. The predicted molar refractivity (Wildman–Crippen MR) is 83.5 cm³/mol. The molecule has 4 nitrogen and oxygen atoms in total. The van der Waals surface area contributed by atoms with Gasteiger partial charge in [0.1, 0.15) is 11.5 Å². The molecule has 1 N–H and O–H groups in total. The van der Waals surface area contributed by atoms with Crippen LogP contribution in [0, 0.1) is 0 Å². The number of carbonyl (C=O) groups is 1. The minimum absolute atomic E-state index is 0.00643. The molecule has 2 rings (SSSR count). The van der Waals surface area contributed by atoms with Crippen LogP contribution in [0.2, 0.25) is 0 Å². The Balaban J connectivity index is 2.15. The summed E-state index contributed by atoms with van der Waals surface area (Å²) >= 11 is 6.38. The molecule has 5 heteroatoms. The maximum atomic E-state index is 12.5. The first kappa shape index (κ1) is 16.0. The van der Waals surface area contributed by atoms with Gasteiger partial charge >= 0.3 is 0 Å². The van der Waals surface area contributed by atoms with E-state index < -0.39 is 0 Å². The van der Waals surface area contributed by atoms with Gasteiger partial charge in [-0.15, -0.1) is 11.6 Å². The maximum Gasteiger partial charge on any atom is 0.255 e. The Labute approximate surface area is 130 Å². The Hall–Kier alpha value is -1.42. The van der Waals surface area contributed by atoms with Crippen LogP contribution in [0.1, 0.15) is 42.5 Å². The summed E-state index contributed by atoms with van der Waals surface area (Å²) in [4.78, 5) is 12.5. The molecular formula is C16H22ClNO3. The molecule has 1 aliphatic rings. The molecular weight excluding hydrogens is 290 g/mol. The molecule has 1 aliphatic carbocycles. The monoisotopic (exact) mass is 311 g/mol. The first-order valence-corrected chi connectivity index (χ1v) is 7.76. The van der Waals surface area contributed by atoms with Gasteiger partial charge in [0.25, 0.3) is 5.91 Å². The number of carbonyl (C=O) groups excluding carboxylic acids is 1. The molecule has 0 saturated heterocycles.